The molecule has 146 valence electrons. The fraction of sp³-hybridized carbons (Fsp3) is 0.522. The molecule has 2 aliphatic rings. The van der Waals surface area contributed by atoms with Crippen molar-refractivity contribution in [2.45, 2.75) is 26.2 Å². The first-order valence-electron chi connectivity index (χ1n) is 10.3. The minimum absolute atomic E-state index is 0.0452. The SMILES string of the molecule is CCN(CC)C(=O)c1ccc(C2(C)C=CC=CC2CN2CCNCC2)cc1. The van der Waals surface area contributed by atoms with Gasteiger partial charge in [-0.2, -0.15) is 0 Å². The van der Waals surface area contributed by atoms with E-state index < -0.39 is 0 Å². The van der Waals surface area contributed by atoms with Crippen LogP contribution in [0.2, 0.25) is 0 Å². The molecule has 1 saturated heterocycles. The summed E-state index contributed by atoms with van der Waals surface area (Å²) in [6, 6.07) is 8.28. The maximum absolute atomic E-state index is 12.6. The molecule has 3 rings (SSSR count). The van der Waals surface area contributed by atoms with Gasteiger partial charge >= 0.3 is 0 Å². The summed E-state index contributed by atoms with van der Waals surface area (Å²) in [5, 5.41) is 3.43. The number of nitrogens with zero attached hydrogens (tertiary/aromatic N) is 2. The number of hydrogen-bond donors (Lipinski definition) is 1. The summed E-state index contributed by atoms with van der Waals surface area (Å²) in [6.07, 6.45) is 8.99. The molecule has 2 atom stereocenters. The van der Waals surface area contributed by atoms with Crippen LogP contribution >= 0.6 is 0 Å². The lowest BCUT2D eigenvalue weighted by Gasteiger charge is -2.40. The van der Waals surface area contributed by atoms with E-state index in [1.165, 1.54) is 5.56 Å². The molecule has 1 heterocycles. The van der Waals surface area contributed by atoms with Gasteiger partial charge in [0.25, 0.3) is 5.91 Å². The molecule has 1 aliphatic heterocycles. The lowest BCUT2D eigenvalue weighted by atomic mass is 9.69. The fourth-order valence-corrected chi connectivity index (χ4v) is 4.18. The van der Waals surface area contributed by atoms with Crippen molar-refractivity contribution < 1.29 is 4.79 Å². The monoisotopic (exact) mass is 367 g/mol. The lowest BCUT2D eigenvalue weighted by molar-refractivity contribution is 0.0773. The third-order valence-electron chi connectivity index (χ3n) is 6.14. The highest BCUT2D eigenvalue weighted by molar-refractivity contribution is 5.94. The van der Waals surface area contributed by atoms with Crippen molar-refractivity contribution in [1.82, 2.24) is 15.1 Å². The first-order valence-corrected chi connectivity index (χ1v) is 10.3. The predicted molar refractivity (Wildman–Crippen MR) is 112 cm³/mol. The molecule has 1 aromatic carbocycles. The second-order valence-electron chi connectivity index (χ2n) is 7.74. The molecule has 0 radical (unpaired) electrons. The van der Waals surface area contributed by atoms with Gasteiger partial charge in [-0.05, 0) is 31.5 Å². The van der Waals surface area contributed by atoms with Crippen LogP contribution in [-0.2, 0) is 5.41 Å². The Balaban J connectivity index is 1.78. The molecule has 0 spiro atoms. The van der Waals surface area contributed by atoms with E-state index in [4.69, 9.17) is 0 Å². The van der Waals surface area contributed by atoms with Crippen LogP contribution in [0.15, 0.2) is 48.6 Å². The zero-order valence-corrected chi connectivity index (χ0v) is 16.9. The molecule has 1 aromatic rings. The number of carbonyl (C=O) groups excluding carboxylic acids is 1. The van der Waals surface area contributed by atoms with Gasteiger partial charge in [0.2, 0.25) is 0 Å². The van der Waals surface area contributed by atoms with Crippen molar-refractivity contribution >= 4 is 5.91 Å². The Bertz CT molecular complexity index is 684. The van der Waals surface area contributed by atoms with E-state index in [0.29, 0.717) is 5.92 Å². The second-order valence-corrected chi connectivity index (χ2v) is 7.74. The highest BCUT2D eigenvalue weighted by Gasteiger charge is 2.34. The molecule has 2 unspecified atom stereocenters. The molecule has 1 amide bonds. The number of hydrogen-bond acceptors (Lipinski definition) is 3. The molecule has 27 heavy (non-hydrogen) atoms. The summed E-state index contributed by atoms with van der Waals surface area (Å²) in [6.45, 7) is 13.3. The van der Waals surface area contributed by atoms with Crippen LogP contribution in [0.1, 0.15) is 36.7 Å². The molecule has 0 aromatic heterocycles. The normalized spacial score (nSPS) is 25.5. The highest BCUT2D eigenvalue weighted by atomic mass is 16.2. The van der Waals surface area contributed by atoms with Gasteiger partial charge in [0, 0.05) is 62.7 Å². The summed E-state index contributed by atoms with van der Waals surface area (Å²) >= 11 is 0. The van der Waals surface area contributed by atoms with Gasteiger partial charge in [0.15, 0.2) is 0 Å². The third-order valence-corrected chi connectivity index (χ3v) is 6.14. The third kappa shape index (κ3) is 4.33. The highest BCUT2D eigenvalue weighted by Crippen LogP contribution is 2.37. The molecule has 4 nitrogen and oxygen atoms in total. The van der Waals surface area contributed by atoms with Crippen LogP contribution in [0.3, 0.4) is 0 Å². The van der Waals surface area contributed by atoms with Gasteiger partial charge in [-0.3, -0.25) is 4.79 Å². The van der Waals surface area contributed by atoms with Crippen molar-refractivity contribution in [3.05, 3.63) is 59.7 Å². The standard InChI is InChI=1S/C23H33N3O/c1-4-26(5-2)22(27)19-9-11-20(12-10-19)23(3)13-7-6-8-21(23)18-25-16-14-24-15-17-25/h6-13,21,24H,4-5,14-18H2,1-3H3. The fourth-order valence-electron chi connectivity index (χ4n) is 4.18. The Hall–Kier alpha value is -1.91. The van der Waals surface area contributed by atoms with Crippen molar-refractivity contribution in [1.29, 1.82) is 0 Å². The van der Waals surface area contributed by atoms with Crippen LogP contribution in [0.4, 0.5) is 0 Å². The largest absolute Gasteiger partial charge is 0.339 e. The molecular formula is C23H33N3O. The molecular weight excluding hydrogens is 334 g/mol. The van der Waals surface area contributed by atoms with Crippen LogP contribution in [0.25, 0.3) is 0 Å². The Labute approximate surface area is 163 Å². The molecule has 4 heteroatoms. The van der Waals surface area contributed by atoms with E-state index in [0.717, 1.165) is 51.4 Å². The number of piperazine rings is 1. The van der Waals surface area contributed by atoms with Crippen molar-refractivity contribution in [3.8, 4) is 0 Å². The van der Waals surface area contributed by atoms with E-state index in [9.17, 15) is 4.79 Å². The Morgan fingerprint density at radius 3 is 2.44 bits per heavy atom. The van der Waals surface area contributed by atoms with Gasteiger partial charge in [-0.1, -0.05) is 43.4 Å². The minimum Gasteiger partial charge on any atom is -0.339 e. The smallest absolute Gasteiger partial charge is 0.253 e. The molecule has 1 N–H and O–H groups in total. The summed E-state index contributed by atoms with van der Waals surface area (Å²) in [5.41, 5.74) is 2.01. The first kappa shape index (κ1) is 19.8. The van der Waals surface area contributed by atoms with Gasteiger partial charge in [-0.15, -0.1) is 0 Å². The van der Waals surface area contributed by atoms with E-state index in [1.54, 1.807) is 0 Å². The number of carbonyl (C=O) groups is 1. The van der Waals surface area contributed by atoms with Crippen LogP contribution in [-0.4, -0.2) is 61.5 Å². The van der Waals surface area contributed by atoms with Crippen molar-refractivity contribution in [2.75, 3.05) is 45.8 Å². The molecule has 1 fully saturated rings. The lowest BCUT2D eigenvalue weighted by Crippen LogP contribution is -2.48. The summed E-state index contributed by atoms with van der Waals surface area (Å²) < 4.78 is 0. The van der Waals surface area contributed by atoms with Crippen LogP contribution in [0.5, 0.6) is 0 Å². The Kier molecular flexibility index (Phi) is 6.51. The zero-order valence-electron chi connectivity index (χ0n) is 16.9. The maximum Gasteiger partial charge on any atom is 0.253 e. The second kappa shape index (κ2) is 8.85. The van der Waals surface area contributed by atoms with Gasteiger partial charge < -0.3 is 15.1 Å². The van der Waals surface area contributed by atoms with Crippen LogP contribution in [0, 0.1) is 5.92 Å². The predicted octanol–water partition coefficient (Wildman–Crippen LogP) is 3.07. The number of amides is 1. The number of benzene rings is 1. The Morgan fingerprint density at radius 1 is 1.15 bits per heavy atom. The van der Waals surface area contributed by atoms with Crippen molar-refractivity contribution in [3.63, 3.8) is 0 Å². The number of allylic oxidation sites excluding steroid dienone is 3. The van der Waals surface area contributed by atoms with Gasteiger partial charge in [0.1, 0.15) is 0 Å². The van der Waals surface area contributed by atoms with Gasteiger partial charge in [-0.25, -0.2) is 0 Å². The molecule has 1 aliphatic carbocycles. The zero-order chi connectivity index (χ0) is 19.3. The maximum atomic E-state index is 12.6. The van der Waals surface area contributed by atoms with E-state index in [1.807, 2.05) is 30.9 Å². The summed E-state index contributed by atoms with van der Waals surface area (Å²) in [5.74, 6) is 0.554. The Morgan fingerprint density at radius 2 is 1.81 bits per heavy atom. The molecule has 0 saturated carbocycles. The van der Waals surface area contributed by atoms with Crippen LogP contribution < -0.4 is 5.32 Å². The molecule has 0 bridgehead atoms. The topological polar surface area (TPSA) is 35.6 Å². The minimum atomic E-state index is -0.0452. The first-order chi connectivity index (χ1) is 13.1. The van der Waals surface area contributed by atoms with E-state index in [2.05, 4.69) is 53.6 Å². The van der Waals surface area contributed by atoms with Gasteiger partial charge in [0.05, 0.1) is 0 Å². The summed E-state index contributed by atoms with van der Waals surface area (Å²) in [4.78, 5) is 17.0. The van der Waals surface area contributed by atoms with Crippen molar-refractivity contribution in [2.24, 2.45) is 5.92 Å². The number of nitrogens with one attached hydrogen (secondary N) is 1. The van der Waals surface area contributed by atoms with E-state index in [-0.39, 0.29) is 11.3 Å². The average molecular weight is 368 g/mol. The number of rotatable bonds is 6. The quantitative estimate of drug-likeness (QED) is 0.839. The van der Waals surface area contributed by atoms with E-state index >= 15 is 0 Å². The summed E-state index contributed by atoms with van der Waals surface area (Å²) in [7, 11) is 0. The average Bonchev–Trinajstić information content (AvgIpc) is 2.71.